The second-order valence-electron chi connectivity index (χ2n) is 4.54. The van der Waals surface area contributed by atoms with Crippen LogP contribution in [0.3, 0.4) is 0 Å². The molecule has 0 spiro atoms. The minimum Gasteiger partial charge on any atom is -0.207 e. The molecule has 0 aromatic heterocycles. The third kappa shape index (κ3) is 4.07. The van der Waals surface area contributed by atoms with Crippen molar-refractivity contribution in [3.63, 3.8) is 0 Å². The van der Waals surface area contributed by atoms with Gasteiger partial charge in [0.15, 0.2) is 0 Å². The van der Waals surface area contributed by atoms with Crippen LogP contribution in [0, 0.1) is 5.82 Å². The van der Waals surface area contributed by atoms with Crippen molar-refractivity contribution in [2.45, 2.75) is 37.0 Å². The van der Waals surface area contributed by atoms with Gasteiger partial charge in [-0.05, 0) is 18.6 Å². The predicted molar refractivity (Wildman–Crippen MR) is 80.3 cm³/mol. The quantitative estimate of drug-likeness (QED) is 0.554. The van der Waals surface area contributed by atoms with Crippen molar-refractivity contribution in [1.29, 1.82) is 0 Å². The van der Waals surface area contributed by atoms with E-state index in [1.165, 1.54) is 13.1 Å². The van der Waals surface area contributed by atoms with E-state index in [1.54, 1.807) is 0 Å². The fourth-order valence-corrected chi connectivity index (χ4v) is 3.61. The summed E-state index contributed by atoms with van der Waals surface area (Å²) < 4.78 is 40.0. The van der Waals surface area contributed by atoms with Crippen molar-refractivity contribution in [2.75, 3.05) is 13.6 Å². The number of benzene rings is 1. The van der Waals surface area contributed by atoms with E-state index in [1.807, 2.05) is 6.92 Å². The molecule has 0 radical (unpaired) electrons. The summed E-state index contributed by atoms with van der Waals surface area (Å²) in [5.41, 5.74) is 0.0831. The lowest BCUT2D eigenvalue weighted by molar-refractivity contribution is 0.448. The van der Waals surface area contributed by atoms with Crippen LogP contribution >= 0.6 is 23.2 Å². The molecule has 114 valence electrons. The lowest BCUT2D eigenvalue weighted by Gasteiger charge is -2.18. The fraction of sp³-hybridized carbons (Fsp3) is 0.538. The minimum absolute atomic E-state index is 0.0831. The molecule has 0 aliphatic rings. The smallest absolute Gasteiger partial charge is 0.207 e. The molecule has 7 heteroatoms. The first kappa shape index (κ1) is 17.7. The molecule has 0 unspecified atom stereocenters. The molecule has 0 saturated heterocycles. The van der Waals surface area contributed by atoms with Crippen molar-refractivity contribution in [3.8, 4) is 0 Å². The molecule has 0 aliphatic carbocycles. The molecule has 0 amide bonds. The third-order valence-electron chi connectivity index (χ3n) is 2.99. The zero-order chi connectivity index (χ0) is 15.3. The summed E-state index contributed by atoms with van der Waals surface area (Å²) in [7, 11) is -2.45. The number of sulfonamides is 1. The summed E-state index contributed by atoms with van der Waals surface area (Å²) in [6.45, 7) is 2.37. The number of alkyl halides is 1. The second-order valence-corrected chi connectivity index (χ2v) is 7.26. The van der Waals surface area contributed by atoms with Gasteiger partial charge >= 0.3 is 0 Å². The molecule has 1 aromatic carbocycles. The number of unbranched alkanes of at least 4 members (excludes halogenated alkanes) is 2. The Bertz CT molecular complexity index is 564. The predicted octanol–water partition coefficient (Wildman–Crippen LogP) is 4.03. The number of hydrogen-bond acceptors (Lipinski definition) is 2. The largest absolute Gasteiger partial charge is 0.245 e. The van der Waals surface area contributed by atoms with Crippen LogP contribution < -0.4 is 0 Å². The minimum atomic E-state index is -3.89. The molecule has 0 fully saturated rings. The summed E-state index contributed by atoms with van der Waals surface area (Å²) in [6.07, 6.45) is 2.64. The first-order chi connectivity index (χ1) is 9.34. The Morgan fingerprint density at radius 3 is 2.50 bits per heavy atom. The van der Waals surface area contributed by atoms with Crippen molar-refractivity contribution < 1.29 is 12.8 Å². The van der Waals surface area contributed by atoms with Gasteiger partial charge in [0.1, 0.15) is 10.7 Å². The summed E-state index contributed by atoms with van der Waals surface area (Å²) >= 11 is 11.4. The molecule has 0 bridgehead atoms. The van der Waals surface area contributed by atoms with E-state index in [-0.39, 0.29) is 16.5 Å². The maximum atomic E-state index is 14.1. The Morgan fingerprint density at radius 2 is 1.95 bits per heavy atom. The number of halogens is 3. The first-order valence-corrected chi connectivity index (χ1v) is 8.70. The highest BCUT2D eigenvalue weighted by molar-refractivity contribution is 7.89. The van der Waals surface area contributed by atoms with Gasteiger partial charge in [-0.15, -0.1) is 11.6 Å². The SMILES string of the molecule is CCCCCN(C)S(=O)(=O)c1cc(Cl)cc(CCl)c1F. The van der Waals surface area contributed by atoms with Crippen LogP contribution in [0.4, 0.5) is 4.39 Å². The lowest BCUT2D eigenvalue weighted by Crippen LogP contribution is -2.29. The van der Waals surface area contributed by atoms with Crippen LogP contribution in [-0.2, 0) is 15.9 Å². The molecule has 3 nitrogen and oxygen atoms in total. The van der Waals surface area contributed by atoms with E-state index in [0.29, 0.717) is 6.54 Å². The van der Waals surface area contributed by atoms with E-state index in [2.05, 4.69) is 0 Å². The summed E-state index contributed by atoms with van der Waals surface area (Å²) in [4.78, 5) is -0.417. The maximum Gasteiger partial charge on any atom is 0.245 e. The van der Waals surface area contributed by atoms with Gasteiger partial charge in [-0.25, -0.2) is 17.1 Å². The zero-order valence-electron chi connectivity index (χ0n) is 11.5. The maximum absolute atomic E-state index is 14.1. The van der Waals surface area contributed by atoms with Crippen LogP contribution in [0.15, 0.2) is 17.0 Å². The van der Waals surface area contributed by atoms with E-state index >= 15 is 0 Å². The first-order valence-electron chi connectivity index (χ1n) is 6.34. The van der Waals surface area contributed by atoms with Gasteiger partial charge in [0.05, 0.1) is 5.88 Å². The van der Waals surface area contributed by atoms with Gasteiger partial charge in [0.2, 0.25) is 10.0 Å². The molecule has 20 heavy (non-hydrogen) atoms. The van der Waals surface area contributed by atoms with Crippen LogP contribution in [0.2, 0.25) is 5.02 Å². The monoisotopic (exact) mass is 341 g/mol. The summed E-state index contributed by atoms with van der Waals surface area (Å²) in [5.74, 6) is -0.958. The van der Waals surface area contributed by atoms with Gasteiger partial charge in [-0.3, -0.25) is 0 Å². The van der Waals surface area contributed by atoms with Crippen LogP contribution in [0.25, 0.3) is 0 Å². The molecule has 0 saturated carbocycles. The van der Waals surface area contributed by atoms with E-state index < -0.39 is 20.7 Å². The molecule has 0 N–H and O–H groups in total. The lowest BCUT2D eigenvalue weighted by atomic mass is 10.2. The molecular formula is C13H18Cl2FNO2S. The Balaban J connectivity index is 3.12. The van der Waals surface area contributed by atoms with Crippen LogP contribution in [0.5, 0.6) is 0 Å². The van der Waals surface area contributed by atoms with Crippen LogP contribution in [0.1, 0.15) is 31.7 Å². The van der Waals surface area contributed by atoms with Crippen LogP contribution in [-0.4, -0.2) is 26.3 Å². The second kappa shape index (κ2) is 7.59. The van der Waals surface area contributed by atoms with Gasteiger partial charge in [-0.1, -0.05) is 31.4 Å². The van der Waals surface area contributed by atoms with Gasteiger partial charge in [-0.2, -0.15) is 0 Å². The third-order valence-corrected chi connectivity index (χ3v) is 5.35. The van der Waals surface area contributed by atoms with Gasteiger partial charge < -0.3 is 0 Å². The highest BCUT2D eigenvalue weighted by Gasteiger charge is 2.26. The Labute approximate surface area is 129 Å². The van der Waals surface area contributed by atoms with Gasteiger partial charge in [0.25, 0.3) is 0 Å². The molecule has 1 aromatic rings. The highest BCUT2D eigenvalue weighted by Crippen LogP contribution is 2.27. The topological polar surface area (TPSA) is 37.4 Å². The Hall–Kier alpha value is -0.360. The molecule has 0 aliphatic heterocycles. The molecule has 0 atom stereocenters. The number of nitrogens with zero attached hydrogens (tertiary/aromatic N) is 1. The number of rotatable bonds is 7. The fourth-order valence-electron chi connectivity index (χ4n) is 1.78. The zero-order valence-corrected chi connectivity index (χ0v) is 13.8. The van der Waals surface area contributed by atoms with E-state index in [4.69, 9.17) is 23.2 Å². The molecular weight excluding hydrogens is 324 g/mol. The average molecular weight is 342 g/mol. The highest BCUT2D eigenvalue weighted by atomic mass is 35.5. The van der Waals surface area contributed by atoms with E-state index in [9.17, 15) is 12.8 Å². The Morgan fingerprint density at radius 1 is 1.30 bits per heavy atom. The average Bonchev–Trinajstić information content (AvgIpc) is 2.40. The summed E-state index contributed by atoms with van der Waals surface area (Å²) in [6, 6.07) is 2.46. The Kier molecular flexibility index (Phi) is 6.72. The normalized spacial score (nSPS) is 12.1. The standard InChI is InChI=1S/C13H18Cl2FNO2S/c1-3-4-5-6-17(2)20(18,19)12-8-11(15)7-10(9-14)13(12)16/h7-8H,3-6,9H2,1-2H3. The van der Waals surface area contributed by atoms with Crippen molar-refractivity contribution >= 4 is 33.2 Å². The van der Waals surface area contributed by atoms with Crippen molar-refractivity contribution in [2.24, 2.45) is 0 Å². The summed E-state index contributed by atoms with van der Waals surface area (Å²) in [5, 5.41) is 0.155. The van der Waals surface area contributed by atoms with Crippen molar-refractivity contribution in [3.05, 3.63) is 28.5 Å². The van der Waals surface area contributed by atoms with E-state index in [0.717, 1.165) is 29.6 Å². The van der Waals surface area contributed by atoms with Crippen molar-refractivity contribution in [1.82, 2.24) is 4.31 Å². The molecule has 1 rings (SSSR count). The number of hydrogen-bond donors (Lipinski definition) is 0. The van der Waals surface area contributed by atoms with Gasteiger partial charge in [0, 0.05) is 24.2 Å². The molecule has 0 heterocycles.